The van der Waals surface area contributed by atoms with Gasteiger partial charge in [-0.15, -0.1) is 0 Å². The Hall–Kier alpha value is -0.930. The largest absolute Gasteiger partial charge is 0.454 e. The number of hydrogen-bond acceptors (Lipinski definition) is 3. The van der Waals surface area contributed by atoms with Crippen LogP contribution in [0.25, 0.3) is 0 Å². The molecule has 82 valence electrons. The normalized spacial score (nSPS) is 15.4. The van der Waals surface area contributed by atoms with Crippen molar-refractivity contribution in [3.8, 4) is 11.5 Å². The Morgan fingerprint density at radius 3 is 3.00 bits per heavy atom. The Balaban J connectivity index is 2.16. The molecule has 0 bridgehead atoms. The van der Waals surface area contributed by atoms with E-state index in [1.807, 2.05) is 12.1 Å². The monoisotopic (exact) mass is 228 g/mol. The second kappa shape index (κ2) is 4.29. The highest BCUT2D eigenvalue weighted by molar-refractivity contribution is 6.32. The molecule has 0 aromatic heterocycles. The molecule has 0 spiro atoms. The van der Waals surface area contributed by atoms with Gasteiger partial charge in [-0.1, -0.05) is 11.6 Å². The summed E-state index contributed by atoms with van der Waals surface area (Å²) in [6.45, 7) is 2.00. The van der Waals surface area contributed by atoms with Gasteiger partial charge in [0.2, 0.25) is 6.79 Å². The number of ether oxygens (including phenoxy) is 2. The van der Waals surface area contributed by atoms with E-state index in [-0.39, 0.29) is 12.9 Å². The Bertz CT molecular complexity index is 363. The van der Waals surface area contributed by atoms with E-state index >= 15 is 0 Å². The van der Waals surface area contributed by atoms with Gasteiger partial charge in [-0.25, -0.2) is 0 Å². The van der Waals surface area contributed by atoms with Gasteiger partial charge in [0.25, 0.3) is 0 Å². The number of fused-ring (bicyclic) bond motifs is 1. The molecule has 1 aliphatic rings. The van der Waals surface area contributed by atoms with Crippen LogP contribution in [0.1, 0.15) is 18.9 Å². The highest BCUT2D eigenvalue weighted by Gasteiger charge is 2.18. The fourth-order valence-electron chi connectivity index (χ4n) is 1.54. The van der Waals surface area contributed by atoms with Crippen molar-refractivity contribution in [1.29, 1.82) is 0 Å². The first-order valence-electron chi connectivity index (χ1n) is 4.93. The predicted molar refractivity (Wildman–Crippen MR) is 57.6 cm³/mol. The van der Waals surface area contributed by atoms with Crippen LogP contribution in [0, 0.1) is 0 Å². The van der Waals surface area contributed by atoms with Gasteiger partial charge in [-0.05, 0) is 37.5 Å². The van der Waals surface area contributed by atoms with Crippen molar-refractivity contribution in [2.24, 2.45) is 0 Å². The van der Waals surface area contributed by atoms with Gasteiger partial charge in [0.05, 0.1) is 11.1 Å². The molecule has 0 fully saturated rings. The molecule has 15 heavy (non-hydrogen) atoms. The van der Waals surface area contributed by atoms with Crippen LogP contribution in [-0.4, -0.2) is 18.0 Å². The van der Waals surface area contributed by atoms with Gasteiger partial charge < -0.3 is 14.6 Å². The minimum atomic E-state index is -0.297. The molecular weight excluding hydrogens is 216 g/mol. The maximum atomic E-state index is 9.19. The van der Waals surface area contributed by atoms with E-state index in [0.29, 0.717) is 16.5 Å². The van der Waals surface area contributed by atoms with Crippen LogP contribution < -0.4 is 9.47 Å². The molecule has 1 atom stereocenters. The zero-order valence-corrected chi connectivity index (χ0v) is 9.25. The standard InChI is InChI=1S/C11H13ClO3/c1-7(13)2-3-8-4-9(12)11-10(5-8)14-6-15-11/h4-5,7,13H,2-3,6H2,1H3/t7-/m0/s1. The van der Waals surface area contributed by atoms with E-state index in [4.69, 9.17) is 21.1 Å². The summed E-state index contributed by atoms with van der Waals surface area (Å²) in [6, 6.07) is 3.77. The average Bonchev–Trinajstić information content (AvgIpc) is 2.63. The Labute approximate surface area is 93.6 Å². The van der Waals surface area contributed by atoms with Gasteiger partial charge >= 0.3 is 0 Å². The summed E-state index contributed by atoms with van der Waals surface area (Å²) >= 11 is 6.02. The lowest BCUT2D eigenvalue weighted by Gasteiger charge is -2.06. The zero-order chi connectivity index (χ0) is 10.8. The van der Waals surface area contributed by atoms with E-state index in [2.05, 4.69) is 0 Å². The van der Waals surface area contributed by atoms with E-state index in [9.17, 15) is 5.11 Å². The summed E-state index contributed by atoms with van der Waals surface area (Å²) in [7, 11) is 0. The zero-order valence-electron chi connectivity index (χ0n) is 8.50. The van der Waals surface area contributed by atoms with Crippen LogP contribution in [0.4, 0.5) is 0 Å². The molecule has 1 aliphatic heterocycles. The van der Waals surface area contributed by atoms with Crippen LogP contribution in [0.5, 0.6) is 11.5 Å². The highest BCUT2D eigenvalue weighted by atomic mass is 35.5. The second-order valence-electron chi connectivity index (χ2n) is 3.70. The number of hydrogen-bond donors (Lipinski definition) is 1. The molecule has 1 N–H and O–H groups in total. The number of aliphatic hydroxyl groups excluding tert-OH is 1. The molecule has 0 amide bonds. The van der Waals surface area contributed by atoms with Crippen molar-refractivity contribution >= 4 is 11.6 Å². The maximum Gasteiger partial charge on any atom is 0.231 e. The van der Waals surface area contributed by atoms with E-state index < -0.39 is 0 Å². The number of rotatable bonds is 3. The first kappa shape index (κ1) is 10.6. The van der Waals surface area contributed by atoms with Crippen molar-refractivity contribution < 1.29 is 14.6 Å². The molecule has 0 saturated carbocycles. The van der Waals surface area contributed by atoms with E-state index in [1.165, 1.54) is 0 Å². The number of aliphatic hydroxyl groups is 1. The first-order valence-corrected chi connectivity index (χ1v) is 5.30. The molecule has 0 unspecified atom stereocenters. The number of benzene rings is 1. The van der Waals surface area contributed by atoms with Crippen LogP contribution in [0.3, 0.4) is 0 Å². The Morgan fingerprint density at radius 1 is 1.47 bits per heavy atom. The second-order valence-corrected chi connectivity index (χ2v) is 4.11. The summed E-state index contributed by atoms with van der Waals surface area (Å²) in [5.41, 5.74) is 1.06. The average molecular weight is 229 g/mol. The summed E-state index contributed by atoms with van der Waals surface area (Å²) in [5, 5.41) is 9.76. The number of halogens is 1. The van der Waals surface area contributed by atoms with Crippen molar-refractivity contribution in [2.45, 2.75) is 25.9 Å². The smallest absolute Gasteiger partial charge is 0.231 e. The molecule has 2 rings (SSSR count). The molecule has 0 radical (unpaired) electrons. The Morgan fingerprint density at radius 2 is 2.27 bits per heavy atom. The Kier molecular flexibility index (Phi) is 3.03. The molecule has 4 heteroatoms. The highest BCUT2D eigenvalue weighted by Crippen LogP contribution is 2.39. The van der Waals surface area contributed by atoms with Gasteiger partial charge in [0.1, 0.15) is 0 Å². The minimum absolute atomic E-state index is 0.231. The van der Waals surface area contributed by atoms with Crippen molar-refractivity contribution in [2.75, 3.05) is 6.79 Å². The van der Waals surface area contributed by atoms with Crippen LogP contribution in [0.15, 0.2) is 12.1 Å². The van der Waals surface area contributed by atoms with Crippen LogP contribution >= 0.6 is 11.6 Å². The lowest BCUT2D eigenvalue weighted by molar-refractivity contribution is 0.174. The lowest BCUT2D eigenvalue weighted by atomic mass is 10.1. The number of aryl methyl sites for hydroxylation is 1. The predicted octanol–water partition coefficient (Wildman–Crippen LogP) is 2.38. The molecule has 1 aromatic carbocycles. The quantitative estimate of drug-likeness (QED) is 0.864. The van der Waals surface area contributed by atoms with Gasteiger partial charge in [0.15, 0.2) is 11.5 Å². The third-order valence-electron chi connectivity index (χ3n) is 2.34. The van der Waals surface area contributed by atoms with Gasteiger partial charge in [0, 0.05) is 0 Å². The topological polar surface area (TPSA) is 38.7 Å². The molecule has 0 aliphatic carbocycles. The van der Waals surface area contributed by atoms with Gasteiger partial charge in [-0.3, -0.25) is 0 Å². The first-order chi connectivity index (χ1) is 7.16. The summed E-state index contributed by atoms with van der Waals surface area (Å²) in [6.07, 6.45) is 1.21. The van der Waals surface area contributed by atoms with Crippen molar-refractivity contribution in [3.63, 3.8) is 0 Å². The third-order valence-corrected chi connectivity index (χ3v) is 2.62. The summed E-state index contributed by atoms with van der Waals surface area (Å²) in [5.74, 6) is 1.32. The molecule has 0 saturated heterocycles. The molecular formula is C11H13ClO3. The van der Waals surface area contributed by atoms with Crippen LogP contribution in [-0.2, 0) is 6.42 Å². The fourth-order valence-corrected chi connectivity index (χ4v) is 1.83. The van der Waals surface area contributed by atoms with Crippen molar-refractivity contribution in [3.05, 3.63) is 22.7 Å². The summed E-state index contributed by atoms with van der Waals surface area (Å²) in [4.78, 5) is 0. The van der Waals surface area contributed by atoms with Crippen molar-refractivity contribution in [1.82, 2.24) is 0 Å². The van der Waals surface area contributed by atoms with E-state index in [0.717, 1.165) is 18.4 Å². The fraction of sp³-hybridized carbons (Fsp3) is 0.455. The maximum absolute atomic E-state index is 9.19. The van der Waals surface area contributed by atoms with Crippen LogP contribution in [0.2, 0.25) is 5.02 Å². The molecule has 1 aromatic rings. The van der Waals surface area contributed by atoms with Gasteiger partial charge in [-0.2, -0.15) is 0 Å². The van der Waals surface area contributed by atoms with E-state index in [1.54, 1.807) is 6.92 Å². The third kappa shape index (κ3) is 2.36. The summed E-state index contributed by atoms with van der Waals surface area (Å²) < 4.78 is 10.5. The SMILES string of the molecule is C[C@H](O)CCc1cc(Cl)c2c(c1)OCO2. The molecule has 1 heterocycles. The molecule has 3 nitrogen and oxygen atoms in total. The minimum Gasteiger partial charge on any atom is -0.454 e. The lowest BCUT2D eigenvalue weighted by Crippen LogP contribution is -2.01.